The van der Waals surface area contributed by atoms with Crippen molar-refractivity contribution in [1.29, 1.82) is 0 Å². The lowest BCUT2D eigenvalue weighted by molar-refractivity contribution is -0.121. The zero-order valence-corrected chi connectivity index (χ0v) is 11.8. The van der Waals surface area contributed by atoms with E-state index in [9.17, 15) is 4.79 Å². The molecule has 0 aliphatic rings. The van der Waals surface area contributed by atoms with Gasteiger partial charge in [0.2, 0.25) is 5.91 Å². The normalized spacial score (nSPS) is 11.2. The lowest BCUT2D eigenvalue weighted by atomic mass is 10.2. The van der Waals surface area contributed by atoms with Crippen molar-refractivity contribution in [2.75, 3.05) is 6.54 Å². The molecule has 19 heavy (non-hydrogen) atoms. The van der Waals surface area contributed by atoms with Gasteiger partial charge in [0.25, 0.3) is 0 Å². The summed E-state index contributed by atoms with van der Waals surface area (Å²) in [6.07, 6.45) is 0.826. The number of rotatable bonds is 5. The predicted molar refractivity (Wildman–Crippen MR) is 77.0 cm³/mol. The van der Waals surface area contributed by atoms with E-state index in [1.165, 1.54) is 0 Å². The molecule has 1 aromatic carbocycles. The van der Waals surface area contributed by atoms with Crippen LogP contribution in [0.15, 0.2) is 24.3 Å². The summed E-state index contributed by atoms with van der Waals surface area (Å²) in [5, 5.41) is 2.95. The molecule has 0 fully saturated rings. The molecule has 1 N–H and O–H groups in total. The van der Waals surface area contributed by atoms with Crippen LogP contribution in [0, 0.1) is 5.92 Å². The number of hydrogen-bond acceptors (Lipinski definition) is 2. The van der Waals surface area contributed by atoms with Crippen LogP contribution in [0.1, 0.15) is 26.6 Å². The molecule has 2 rings (SSSR count). The number of nitrogens with one attached hydrogen (secondary N) is 1. The van der Waals surface area contributed by atoms with E-state index >= 15 is 0 Å². The van der Waals surface area contributed by atoms with E-state index in [4.69, 9.17) is 0 Å². The number of hydrogen-bond donors (Lipinski definition) is 1. The summed E-state index contributed by atoms with van der Waals surface area (Å²) in [5.41, 5.74) is 1.98. The van der Waals surface area contributed by atoms with Gasteiger partial charge in [0, 0.05) is 13.0 Å². The predicted octanol–water partition coefficient (Wildman–Crippen LogP) is 2.37. The van der Waals surface area contributed by atoms with E-state index < -0.39 is 0 Å². The number of aromatic nitrogens is 2. The number of para-hydroxylation sites is 2. The van der Waals surface area contributed by atoms with Gasteiger partial charge < -0.3 is 9.88 Å². The highest BCUT2D eigenvalue weighted by Crippen LogP contribution is 2.16. The van der Waals surface area contributed by atoms with E-state index in [-0.39, 0.29) is 5.91 Å². The van der Waals surface area contributed by atoms with Crippen molar-refractivity contribution >= 4 is 16.9 Å². The van der Waals surface area contributed by atoms with Gasteiger partial charge in [-0.15, -0.1) is 0 Å². The third-order valence-electron chi connectivity index (χ3n) is 3.06. The highest BCUT2D eigenvalue weighted by Gasteiger charge is 2.12. The van der Waals surface area contributed by atoms with Gasteiger partial charge in [0.15, 0.2) is 0 Å². The van der Waals surface area contributed by atoms with E-state index in [0.717, 1.165) is 23.3 Å². The summed E-state index contributed by atoms with van der Waals surface area (Å²) in [6.45, 7) is 7.29. The van der Waals surface area contributed by atoms with Crippen LogP contribution in [0.2, 0.25) is 0 Å². The molecule has 4 nitrogen and oxygen atoms in total. The summed E-state index contributed by atoms with van der Waals surface area (Å²) in [6, 6.07) is 7.94. The zero-order valence-electron chi connectivity index (χ0n) is 11.8. The molecule has 0 radical (unpaired) electrons. The Morgan fingerprint density at radius 2 is 2.11 bits per heavy atom. The number of fused-ring (bicyclic) bond motifs is 1. The Labute approximate surface area is 113 Å². The Morgan fingerprint density at radius 3 is 2.79 bits per heavy atom. The van der Waals surface area contributed by atoms with Crippen LogP contribution in [0.5, 0.6) is 0 Å². The molecule has 0 bridgehead atoms. The molecule has 0 aliphatic carbocycles. The Kier molecular flexibility index (Phi) is 4.20. The maximum atomic E-state index is 12.0. The highest BCUT2D eigenvalue weighted by molar-refractivity contribution is 5.81. The van der Waals surface area contributed by atoms with Crippen molar-refractivity contribution in [2.24, 2.45) is 5.92 Å². The zero-order chi connectivity index (χ0) is 13.8. The first-order valence-corrected chi connectivity index (χ1v) is 6.82. The molecule has 102 valence electrons. The maximum Gasteiger partial charge on any atom is 0.240 e. The lowest BCUT2D eigenvalue weighted by Gasteiger charge is -2.10. The minimum atomic E-state index is 0.0477. The monoisotopic (exact) mass is 259 g/mol. The summed E-state index contributed by atoms with van der Waals surface area (Å²) in [7, 11) is 0. The van der Waals surface area contributed by atoms with Crippen molar-refractivity contribution in [3.05, 3.63) is 30.1 Å². The summed E-state index contributed by atoms with van der Waals surface area (Å²) in [4.78, 5) is 16.5. The van der Waals surface area contributed by atoms with Crippen LogP contribution in [-0.4, -0.2) is 22.0 Å². The maximum absolute atomic E-state index is 12.0. The molecular weight excluding hydrogens is 238 g/mol. The molecule has 1 heterocycles. The van der Waals surface area contributed by atoms with Crippen molar-refractivity contribution < 1.29 is 4.79 Å². The second kappa shape index (κ2) is 5.87. The fraction of sp³-hybridized carbons (Fsp3) is 0.467. The van der Waals surface area contributed by atoms with Gasteiger partial charge in [0.1, 0.15) is 12.4 Å². The standard InChI is InChI=1S/C15H21N3O/c1-4-14-17-12-7-5-6-8-13(12)18(14)10-15(19)16-9-11(2)3/h5-8,11H,4,9-10H2,1-3H3,(H,16,19). The van der Waals surface area contributed by atoms with Crippen molar-refractivity contribution in [3.63, 3.8) is 0 Å². The third kappa shape index (κ3) is 3.13. The molecular formula is C15H21N3O. The minimum Gasteiger partial charge on any atom is -0.354 e. The van der Waals surface area contributed by atoms with Gasteiger partial charge in [-0.2, -0.15) is 0 Å². The molecule has 0 saturated heterocycles. The SMILES string of the molecule is CCc1nc2ccccc2n1CC(=O)NCC(C)C. The number of benzene rings is 1. The van der Waals surface area contributed by atoms with Gasteiger partial charge in [-0.1, -0.05) is 32.9 Å². The molecule has 0 saturated carbocycles. The number of carbonyl (C=O) groups is 1. The highest BCUT2D eigenvalue weighted by atomic mass is 16.1. The molecule has 0 spiro atoms. The second-order valence-electron chi connectivity index (χ2n) is 5.15. The molecule has 0 unspecified atom stereocenters. The van der Waals surface area contributed by atoms with E-state index in [0.29, 0.717) is 19.0 Å². The van der Waals surface area contributed by atoms with E-state index in [1.807, 2.05) is 28.8 Å². The first-order valence-electron chi connectivity index (χ1n) is 6.82. The average Bonchev–Trinajstić information content (AvgIpc) is 2.75. The van der Waals surface area contributed by atoms with Gasteiger partial charge in [-0.3, -0.25) is 4.79 Å². The Morgan fingerprint density at radius 1 is 1.37 bits per heavy atom. The number of imidazole rings is 1. The van der Waals surface area contributed by atoms with Crippen molar-refractivity contribution in [3.8, 4) is 0 Å². The second-order valence-corrected chi connectivity index (χ2v) is 5.15. The largest absolute Gasteiger partial charge is 0.354 e. The smallest absolute Gasteiger partial charge is 0.240 e. The van der Waals surface area contributed by atoms with Crippen LogP contribution >= 0.6 is 0 Å². The van der Waals surface area contributed by atoms with Gasteiger partial charge in [-0.05, 0) is 18.1 Å². The van der Waals surface area contributed by atoms with Crippen LogP contribution in [0.3, 0.4) is 0 Å². The number of nitrogens with zero attached hydrogens (tertiary/aromatic N) is 2. The van der Waals surface area contributed by atoms with Crippen LogP contribution in [-0.2, 0) is 17.8 Å². The van der Waals surface area contributed by atoms with Crippen molar-refractivity contribution in [2.45, 2.75) is 33.7 Å². The Bertz CT molecular complexity index is 572. The number of amides is 1. The third-order valence-corrected chi connectivity index (χ3v) is 3.06. The molecule has 0 aliphatic heterocycles. The first kappa shape index (κ1) is 13.6. The summed E-state index contributed by atoms with van der Waals surface area (Å²) in [5.74, 6) is 1.47. The number of aryl methyl sites for hydroxylation is 1. The van der Waals surface area contributed by atoms with Gasteiger partial charge in [-0.25, -0.2) is 4.98 Å². The van der Waals surface area contributed by atoms with Crippen molar-refractivity contribution in [1.82, 2.24) is 14.9 Å². The lowest BCUT2D eigenvalue weighted by Crippen LogP contribution is -2.31. The Balaban J connectivity index is 2.21. The van der Waals surface area contributed by atoms with E-state index in [2.05, 4.69) is 31.1 Å². The molecule has 4 heteroatoms. The molecule has 0 atom stereocenters. The van der Waals surface area contributed by atoms with E-state index in [1.54, 1.807) is 0 Å². The van der Waals surface area contributed by atoms with Crippen LogP contribution < -0.4 is 5.32 Å². The average molecular weight is 259 g/mol. The first-order chi connectivity index (χ1) is 9.11. The fourth-order valence-electron chi connectivity index (χ4n) is 2.09. The Hall–Kier alpha value is -1.84. The van der Waals surface area contributed by atoms with Crippen LogP contribution in [0.4, 0.5) is 0 Å². The molecule has 1 aromatic heterocycles. The van der Waals surface area contributed by atoms with Crippen LogP contribution in [0.25, 0.3) is 11.0 Å². The van der Waals surface area contributed by atoms with Gasteiger partial charge >= 0.3 is 0 Å². The molecule has 2 aromatic rings. The summed E-state index contributed by atoms with van der Waals surface area (Å²) < 4.78 is 2.00. The quantitative estimate of drug-likeness (QED) is 0.896. The minimum absolute atomic E-state index is 0.0477. The topological polar surface area (TPSA) is 46.9 Å². The summed E-state index contributed by atoms with van der Waals surface area (Å²) >= 11 is 0. The van der Waals surface area contributed by atoms with Gasteiger partial charge in [0.05, 0.1) is 11.0 Å². The fourth-order valence-corrected chi connectivity index (χ4v) is 2.09. The number of carbonyl (C=O) groups excluding carboxylic acids is 1. The molecule has 1 amide bonds.